The molecular formula is C16H25N. The van der Waals surface area contributed by atoms with Gasteiger partial charge in [0.25, 0.3) is 0 Å². The van der Waals surface area contributed by atoms with Gasteiger partial charge in [-0.15, -0.1) is 0 Å². The highest BCUT2D eigenvalue weighted by molar-refractivity contribution is 5.22. The van der Waals surface area contributed by atoms with Crippen LogP contribution in [0.2, 0.25) is 0 Å². The van der Waals surface area contributed by atoms with E-state index in [1.807, 2.05) is 0 Å². The lowest BCUT2D eigenvalue weighted by Crippen LogP contribution is -2.31. The summed E-state index contributed by atoms with van der Waals surface area (Å²) in [6.45, 7) is 5.56. The molecule has 0 heterocycles. The van der Waals surface area contributed by atoms with Crippen molar-refractivity contribution in [1.82, 2.24) is 5.32 Å². The van der Waals surface area contributed by atoms with Crippen LogP contribution in [0, 0.1) is 5.92 Å². The maximum atomic E-state index is 3.68. The van der Waals surface area contributed by atoms with Gasteiger partial charge in [-0.2, -0.15) is 0 Å². The molecule has 0 aromatic heterocycles. The molecule has 0 bridgehead atoms. The zero-order valence-electron chi connectivity index (χ0n) is 11.2. The Morgan fingerprint density at radius 1 is 1.12 bits per heavy atom. The zero-order chi connectivity index (χ0) is 12.1. The zero-order valence-corrected chi connectivity index (χ0v) is 11.2. The van der Waals surface area contributed by atoms with Gasteiger partial charge in [0.1, 0.15) is 0 Å². The van der Waals surface area contributed by atoms with Crippen LogP contribution in [0.4, 0.5) is 0 Å². The molecule has 0 spiro atoms. The van der Waals surface area contributed by atoms with E-state index in [0.717, 1.165) is 18.9 Å². The van der Waals surface area contributed by atoms with E-state index in [9.17, 15) is 0 Å². The third-order valence-corrected chi connectivity index (χ3v) is 4.17. The fraction of sp³-hybridized carbons (Fsp3) is 0.625. The van der Waals surface area contributed by atoms with Crippen LogP contribution in [0.5, 0.6) is 0 Å². The van der Waals surface area contributed by atoms with Crippen LogP contribution < -0.4 is 5.32 Å². The molecule has 0 unspecified atom stereocenters. The van der Waals surface area contributed by atoms with E-state index in [-0.39, 0.29) is 0 Å². The van der Waals surface area contributed by atoms with Gasteiger partial charge in [0.2, 0.25) is 0 Å². The molecule has 2 rings (SSSR count). The first-order valence-corrected chi connectivity index (χ1v) is 7.10. The largest absolute Gasteiger partial charge is 0.310 e. The summed E-state index contributed by atoms with van der Waals surface area (Å²) < 4.78 is 0. The monoisotopic (exact) mass is 231 g/mol. The first kappa shape index (κ1) is 12.6. The Hall–Kier alpha value is -0.820. The van der Waals surface area contributed by atoms with Crippen LogP contribution in [-0.4, -0.2) is 6.04 Å². The van der Waals surface area contributed by atoms with Crippen molar-refractivity contribution in [3.05, 3.63) is 35.4 Å². The minimum atomic E-state index is 0.670. The fourth-order valence-electron chi connectivity index (χ4n) is 2.80. The van der Waals surface area contributed by atoms with Gasteiger partial charge < -0.3 is 5.32 Å². The highest BCUT2D eigenvalue weighted by atomic mass is 14.9. The smallest absolute Gasteiger partial charge is 0.0208 e. The molecule has 1 aliphatic carbocycles. The van der Waals surface area contributed by atoms with E-state index in [2.05, 4.69) is 43.4 Å². The van der Waals surface area contributed by atoms with Gasteiger partial charge in [0, 0.05) is 12.6 Å². The molecule has 1 aromatic carbocycles. The Labute approximate surface area is 106 Å². The van der Waals surface area contributed by atoms with E-state index >= 15 is 0 Å². The normalized spacial score (nSPS) is 18.5. The highest BCUT2D eigenvalue weighted by Gasteiger charge is 2.20. The minimum Gasteiger partial charge on any atom is -0.310 e. The van der Waals surface area contributed by atoms with E-state index in [0.29, 0.717) is 6.04 Å². The Morgan fingerprint density at radius 3 is 2.29 bits per heavy atom. The maximum Gasteiger partial charge on any atom is 0.0208 e. The van der Waals surface area contributed by atoms with Crippen molar-refractivity contribution < 1.29 is 0 Å². The molecule has 1 N–H and O–H groups in total. The van der Waals surface area contributed by atoms with Crippen LogP contribution in [0.1, 0.15) is 50.7 Å². The summed E-state index contributed by atoms with van der Waals surface area (Å²) in [5.74, 6) is 0.907. The van der Waals surface area contributed by atoms with Crippen molar-refractivity contribution in [3.8, 4) is 0 Å². The number of nitrogens with one attached hydrogen (secondary N) is 1. The van der Waals surface area contributed by atoms with Crippen LogP contribution >= 0.6 is 0 Å². The van der Waals surface area contributed by atoms with Crippen molar-refractivity contribution >= 4 is 0 Å². The standard InChI is InChI=1S/C16H25N/c1-3-14-8-10-15(11-9-14)12-17-13(2)16-6-4-5-7-16/h8-11,13,16-17H,3-7,12H2,1-2H3/t13-/m1/s1. The van der Waals surface area contributed by atoms with Gasteiger partial charge in [-0.25, -0.2) is 0 Å². The molecule has 17 heavy (non-hydrogen) atoms. The van der Waals surface area contributed by atoms with Crippen LogP contribution in [0.25, 0.3) is 0 Å². The molecular weight excluding hydrogens is 206 g/mol. The van der Waals surface area contributed by atoms with E-state index in [4.69, 9.17) is 0 Å². The van der Waals surface area contributed by atoms with Gasteiger partial charge in [-0.3, -0.25) is 0 Å². The molecule has 1 aliphatic rings. The number of hydrogen-bond acceptors (Lipinski definition) is 1. The third kappa shape index (κ3) is 3.57. The summed E-state index contributed by atoms with van der Waals surface area (Å²) in [4.78, 5) is 0. The van der Waals surface area contributed by atoms with Gasteiger partial charge in [-0.1, -0.05) is 44.0 Å². The predicted molar refractivity (Wildman–Crippen MR) is 74.1 cm³/mol. The summed E-state index contributed by atoms with van der Waals surface area (Å²) >= 11 is 0. The first-order chi connectivity index (χ1) is 8.29. The highest BCUT2D eigenvalue weighted by Crippen LogP contribution is 2.27. The van der Waals surface area contributed by atoms with E-state index in [1.54, 1.807) is 0 Å². The second-order valence-corrected chi connectivity index (χ2v) is 5.38. The number of rotatable bonds is 5. The molecule has 0 aliphatic heterocycles. The van der Waals surface area contributed by atoms with Crippen molar-refractivity contribution in [1.29, 1.82) is 0 Å². The predicted octanol–water partition coefficient (Wildman–Crippen LogP) is 3.92. The summed E-state index contributed by atoms with van der Waals surface area (Å²) in [5.41, 5.74) is 2.84. The van der Waals surface area contributed by atoms with Crippen molar-refractivity contribution in [2.45, 2.75) is 58.5 Å². The molecule has 1 aromatic rings. The molecule has 94 valence electrons. The Balaban J connectivity index is 1.80. The summed E-state index contributed by atoms with van der Waals surface area (Å²) in [6, 6.07) is 9.68. The van der Waals surface area contributed by atoms with E-state index in [1.165, 1.54) is 36.8 Å². The average molecular weight is 231 g/mol. The average Bonchev–Trinajstić information content (AvgIpc) is 2.90. The molecule has 0 amide bonds. The van der Waals surface area contributed by atoms with E-state index < -0.39 is 0 Å². The molecule has 1 saturated carbocycles. The van der Waals surface area contributed by atoms with Gasteiger partial charge >= 0.3 is 0 Å². The maximum absolute atomic E-state index is 3.68. The molecule has 0 saturated heterocycles. The molecule has 1 atom stereocenters. The summed E-state index contributed by atoms with van der Waals surface area (Å²) in [7, 11) is 0. The van der Waals surface area contributed by atoms with Gasteiger partial charge in [0.15, 0.2) is 0 Å². The summed E-state index contributed by atoms with van der Waals surface area (Å²) in [6.07, 6.45) is 6.84. The lowest BCUT2D eigenvalue weighted by molar-refractivity contribution is 0.380. The fourth-order valence-corrected chi connectivity index (χ4v) is 2.80. The van der Waals surface area contributed by atoms with Crippen LogP contribution in [-0.2, 0) is 13.0 Å². The number of benzene rings is 1. The SMILES string of the molecule is CCc1ccc(CN[C@H](C)C2CCCC2)cc1. The first-order valence-electron chi connectivity index (χ1n) is 7.10. The topological polar surface area (TPSA) is 12.0 Å². The minimum absolute atomic E-state index is 0.670. The Bertz CT molecular complexity index is 322. The quantitative estimate of drug-likeness (QED) is 0.810. The molecule has 1 nitrogen and oxygen atoms in total. The molecule has 0 radical (unpaired) electrons. The van der Waals surface area contributed by atoms with Crippen molar-refractivity contribution in [3.63, 3.8) is 0 Å². The van der Waals surface area contributed by atoms with Gasteiger partial charge in [0.05, 0.1) is 0 Å². The Morgan fingerprint density at radius 2 is 1.71 bits per heavy atom. The van der Waals surface area contributed by atoms with Crippen molar-refractivity contribution in [2.24, 2.45) is 5.92 Å². The van der Waals surface area contributed by atoms with Gasteiger partial charge in [-0.05, 0) is 43.2 Å². The molecule has 1 fully saturated rings. The van der Waals surface area contributed by atoms with Crippen LogP contribution in [0.3, 0.4) is 0 Å². The second-order valence-electron chi connectivity index (χ2n) is 5.38. The van der Waals surface area contributed by atoms with Crippen LogP contribution in [0.15, 0.2) is 24.3 Å². The lowest BCUT2D eigenvalue weighted by atomic mass is 9.99. The molecule has 1 heteroatoms. The second kappa shape index (κ2) is 6.20. The number of hydrogen-bond donors (Lipinski definition) is 1. The third-order valence-electron chi connectivity index (χ3n) is 4.17. The Kier molecular flexibility index (Phi) is 4.61. The summed E-state index contributed by atoms with van der Waals surface area (Å²) in [5, 5.41) is 3.68. The number of aryl methyl sites for hydroxylation is 1. The van der Waals surface area contributed by atoms with Crippen molar-refractivity contribution in [2.75, 3.05) is 0 Å². The lowest BCUT2D eigenvalue weighted by Gasteiger charge is -2.20.